The third-order valence-electron chi connectivity index (χ3n) is 2.12. The van der Waals surface area contributed by atoms with E-state index in [0.717, 1.165) is 0 Å². The van der Waals surface area contributed by atoms with E-state index in [1.54, 1.807) is 25.1 Å². The average molecular weight is 168 g/mol. The van der Waals surface area contributed by atoms with Gasteiger partial charge in [0.15, 0.2) is 0 Å². The van der Waals surface area contributed by atoms with Gasteiger partial charge in [-0.3, -0.25) is 0 Å². The molecule has 0 fully saturated rings. The van der Waals surface area contributed by atoms with Crippen LogP contribution in [-0.2, 0) is 0 Å². The predicted octanol–water partition coefficient (Wildman–Crippen LogP) is 2.31. The van der Waals surface area contributed by atoms with Crippen molar-refractivity contribution in [1.29, 1.82) is 0 Å². The fraction of sp³-hybridized carbons (Fsp3) is 0.400. The molecule has 2 heteroatoms. The zero-order valence-corrected chi connectivity index (χ0v) is 7.29. The van der Waals surface area contributed by atoms with E-state index in [2.05, 4.69) is 0 Å². The Bertz CT molecular complexity index is 258. The van der Waals surface area contributed by atoms with Gasteiger partial charge in [0.25, 0.3) is 0 Å². The Kier molecular flexibility index (Phi) is 2.82. The molecule has 0 aliphatic rings. The standard InChI is InChI=1S/C10H13FO/c1-7(8(2)12)9-5-3-4-6-10(9)11/h3-8,12H,1-2H3. The summed E-state index contributed by atoms with van der Waals surface area (Å²) in [4.78, 5) is 0. The van der Waals surface area contributed by atoms with Crippen LogP contribution >= 0.6 is 0 Å². The van der Waals surface area contributed by atoms with Crippen molar-refractivity contribution in [3.8, 4) is 0 Å². The molecule has 0 aromatic heterocycles. The molecule has 0 heterocycles. The molecule has 1 N–H and O–H groups in total. The number of halogens is 1. The van der Waals surface area contributed by atoms with Crippen LogP contribution < -0.4 is 0 Å². The van der Waals surface area contributed by atoms with Crippen LogP contribution in [-0.4, -0.2) is 11.2 Å². The van der Waals surface area contributed by atoms with Crippen molar-refractivity contribution in [3.63, 3.8) is 0 Å². The van der Waals surface area contributed by atoms with Crippen molar-refractivity contribution in [2.24, 2.45) is 0 Å². The molecule has 66 valence electrons. The van der Waals surface area contributed by atoms with Gasteiger partial charge >= 0.3 is 0 Å². The number of benzene rings is 1. The third-order valence-corrected chi connectivity index (χ3v) is 2.12. The molecule has 0 aliphatic heterocycles. The first kappa shape index (κ1) is 9.20. The summed E-state index contributed by atoms with van der Waals surface area (Å²) >= 11 is 0. The van der Waals surface area contributed by atoms with Gasteiger partial charge in [0.05, 0.1) is 6.10 Å². The maximum atomic E-state index is 13.1. The van der Waals surface area contributed by atoms with Crippen molar-refractivity contribution < 1.29 is 9.50 Å². The Balaban J connectivity index is 2.94. The van der Waals surface area contributed by atoms with Crippen LogP contribution in [0.25, 0.3) is 0 Å². The van der Waals surface area contributed by atoms with Crippen LogP contribution in [0.1, 0.15) is 25.3 Å². The van der Waals surface area contributed by atoms with Crippen LogP contribution in [0.5, 0.6) is 0 Å². The second-order valence-electron chi connectivity index (χ2n) is 3.05. The largest absolute Gasteiger partial charge is 0.393 e. The number of aliphatic hydroxyl groups is 1. The molecule has 2 atom stereocenters. The van der Waals surface area contributed by atoms with E-state index >= 15 is 0 Å². The van der Waals surface area contributed by atoms with Crippen molar-refractivity contribution in [1.82, 2.24) is 0 Å². The Hall–Kier alpha value is -0.890. The molecule has 0 saturated heterocycles. The van der Waals surface area contributed by atoms with Gasteiger partial charge in [-0.25, -0.2) is 4.39 Å². The van der Waals surface area contributed by atoms with Crippen molar-refractivity contribution in [2.75, 3.05) is 0 Å². The summed E-state index contributed by atoms with van der Waals surface area (Å²) in [5, 5.41) is 9.23. The number of hydrogen-bond donors (Lipinski definition) is 1. The van der Waals surface area contributed by atoms with E-state index in [0.29, 0.717) is 5.56 Å². The quantitative estimate of drug-likeness (QED) is 0.718. The third kappa shape index (κ3) is 1.83. The number of rotatable bonds is 2. The average Bonchev–Trinajstić information content (AvgIpc) is 2.04. The highest BCUT2D eigenvalue weighted by molar-refractivity contribution is 5.21. The molecular weight excluding hydrogens is 155 g/mol. The lowest BCUT2D eigenvalue weighted by atomic mass is 9.96. The second-order valence-corrected chi connectivity index (χ2v) is 3.05. The van der Waals surface area contributed by atoms with Crippen molar-refractivity contribution in [2.45, 2.75) is 25.9 Å². The van der Waals surface area contributed by atoms with Crippen molar-refractivity contribution in [3.05, 3.63) is 35.6 Å². The van der Waals surface area contributed by atoms with Gasteiger partial charge in [-0.2, -0.15) is 0 Å². The highest BCUT2D eigenvalue weighted by atomic mass is 19.1. The second kappa shape index (κ2) is 3.68. The smallest absolute Gasteiger partial charge is 0.126 e. The molecular formula is C10H13FO. The van der Waals surface area contributed by atoms with Gasteiger partial charge in [-0.15, -0.1) is 0 Å². The lowest BCUT2D eigenvalue weighted by Crippen LogP contribution is -2.12. The molecule has 1 aromatic carbocycles. The fourth-order valence-electron chi connectivity index (χ4n) is 1.10. The summed E-state index contributed by atoms with van der Waals surface area (Å²) in [5.74, 6) is -0.392. The summed E-state index contributed by atoms with van der Waals surface area (Å²) in [7, 11) is 0. The topological polar surface area (TPSA) is 20.2 Å². The zero-order valence-electron chi connectivity index (χ0n) is 7.29. The van der Waals surface area contributed by atoms with Crippen molar-refractivity contribution >= 4 is 0 Å². The Morgan fingerprint density at radius 2 is 1.83 bits per heavy atom. The maximum Gasteiger partial charge on any atom is 0.126 e. The molecule has 1 nitrogen and oxygen atoms in total. The van der Waals surface area contributed by atoms with E-state index in [1.807, 2.05) is 6.92 Å². The molecule has 0 spiro atoms. The monoisotopic (exact) mass is 168 g/mol. The normalized spacial score (nSPS) is 15.7. The molecule has 2 unspecified atom stereocenters. The number of aliphatic hydroxyl groups excluding tert-OH is 1. The van der Waals surface area contributed by atoms with Crippen LogP contribution in [0, 0.1) is 5.82 Å². The van der Waals surface area contributed by atoms with Gasteiger partial charge in [0, 0.05) is 5.92 Å². The first-order valence-corrected chi connectivity index (χ1v) is 4.05. The lowest BCUT2D eigenvalue weighted by molar-refractivity contribution is 0.167. The van der Waals surface area contributed by atoms with Gasteiger partial charge in [0.1, 0.15) is 5.82 Å². The van der Waals surface area contributed by atoms with Crippen LogP contribution in [0.3, 0.4) is 0 Å². The molecule has 1 rings (SSSR count). The molecule has 0 saturated carbocycles. The highest BCUT2D eigenvalue weighted by Crippen LogP contribution is 2.21. The molecule has 0 bridgehead atoms. The fourth-order valence-corrected chi connectivity index (χ4v) is 1.10. The Labute approximate surface area is 71.9 Å². The molecule has 12 heavy (non-hydrogen) atoms. The SMILES string of the molecule is CC(O)C(C)c1ccccc1F. The van der Waals surface area contributed by atoms with Gasteiger partial charge in [-0.05, 0) is 18.6 Å². The molecule has 0 amide bonds. The van der Waals surface area contributed by atoms with Gasteiger partial charge < -0.3 is 5.11 Å². The minimum Gasteiger partial charge on any atom is -0.393 e. The minimum atomic E-state index is -0.512. The lowest BCUT2D eigenvalue weighted by Gasteiger charge is -2.15. The summed E-state index contributed by atoms with van der Waals surface area (Å²) in [6.07, 6.45) is -0.512. The van der Waals surface area contributed by atoms with E-state index in [-0.39, 0.29) is 11.7 Å². The van der Waals surface area contributed by atoms with Crippen LogP contribution in [0.15, 0.2) is 24.3 Å². The zero-order chi connectivity index (χ0) is 9.14. The molecule has 1 aromatic rings. The van der Waals surface area contributed by atoms with Gasteiger partial charge in [-0.1, -0.05) is 25.1 Å². The number of hydrogen-bond acceptors (Lipinski definition) is 1. The first-order valence-electron chi connectivity index (χ1n) is 4.05. The van der Waals surface area contributed by atoms with Crippen LogP contribution in [0.2, 0.25) is 0 Å². The van der Waals surface area contributed by atoms with E-state index in [1.165, 1.54) is 6.07 Å². The first-order chi connectivity index (χ1) is 5.63. The molecule has 0 radical (unpaired) electrons. The highest BCUT2D eigenvalue weighted by Gasteiger charge is 2.14. The summed E-state index contributed by atoms with van der Waals surface area (Å²) in [5.41, 5.74) is 0.576. The Morgan fingerprint density at radius 1 is 1.25 bits per heavy atom. The predicted molar refractivity (Wildman–Crippen MR) is 46.5 cm³/mol. The van der Waals surface area contributed by atoms with E-state index < -0.39 is 6.10 Å². The Morgan fingerprint density at radius 3 is 2.33 bits per heavy atom. The molecule has 0 aliphatic carbocycles. The van der Waals surface area contributed by atoms with E-state index in [9.17, 15) is 9.50 Å². The maximum absolute atomic E-state index is 13.1. The van der Waals surface area contributed by atoms with Gasteiger partial charge in [0.2, 0.25) is 0 Å². The van der Waals surface area contributed by atoms with E-state index in [4.69, 9.17) is 0 Å². The summed E-state index contributed by atoms with van der Waals surface area (Å²) in [6.45, 7) is 3.47. The minimum absolute atomic E-state index is 0.147. The summed E-state index contributed by atoms with van der Waals surface area (Å²) in [6, 6.07) is 6.53. The summed E-state index contributed by atoms with van der Waals surface area (Å²) < 4.78 is 13.1. The van der Waals surface area contributed by atoms with Crippen LogP contribution in [0.4, 0.5) is 4.39 Å².